The van der Waals surface area contributed by atoms with Gasteiger partial charge in [-0.1, -0.05) is 41.9 Å². The number of hydrogen-bond donors (Lipinski definition) is 0. The topological polar surface area (TPSA) is 51.7 Å². The van der Waals surface area contributed by atoms with Gasteiger partial charge in [0.15, 0.2) is 0 Å². The number of nitrogens with zero attached hydrogens (tertiary/aromatic N) is 2. The van der Waals surface area contributed by atoms with Crippen LogP contribution >= 0.6 is 11.6 Å². The SMILES string of the molecule is O=C(N1CCOC[C@@H](Cc2ccc3cnccc3c2)C1)C1(c2ccc(Cl)cc2)CCOCC1. The average Bonchev–Trinajstić information content (AvgIpc) is 3.10. The quantitative estimate of drug-likeness (QED) is 0.563. The van der Waals surface area contributed by atoms with E-state index in [-0.39, 0.29) is 11.8 Å². The third-order valence-electron chi connectivity index (χ3n) is 7.01. The number of benzene rings is 2. The standard InChI is InChI=1S/C27H29ClN2O3/c28-25-5-3-24(4-6-25)27(8-12-32-13-9-27)26(31)30-11-14-33-19-21(18-30)15-20-1-2-23-17-29-10-7-22(23)16-20/h1-7,10,16-17,21H,8-9,11-15,18-19H2/t21-/m0/s1. The second kappa shape index (κ2) is 9.80. The molecule has 2 saturated heterocycles. The largest absolute Gasteiger partial charge is 0.381 e. The van der Waals surface area contributed by atoms with Crippen LogP contribution in [0.2, 0.25) is 5.02 Å². The van der Waals surface area contributed by atoms with E-state index in [2.05, 4.69) is 23.2 Å². The van der Waals surface area contributed by atoms with Crippen LogP contribution in [-0.4, -0.2) is 55.3 Å². The van der Waals surface area contributed by atoms with Gasteiger partial charge in [0.1, 0.15) is 0 Å². The van der Waals surface area contributed by atoms with Gasteiger partial charge in [0.05, 0.1) is 18.6 Å². The molecule has 1 atom stereocenters. The van der Waals surface area contributed by atoms with Crippen molar-refractivity contribution in [2.24, 2.45) is 5.92 Å². The van der Waals surface area contributed by atoms with Crippen molar-refractivity contribution in [3.63, 3.8) is 0 Å². The summed E-state index contributed by atoms with van der Waals surface area (Å²) in [4.78, 5) is 20.3. The molecule has 2 fully saturated rings. The third kappa shape index (κ3) is 4.77. The maximum atomic E-state index is 14.1. The van der Waals surface area contributed by atoms with Gasteiger partial charge in [0.2, 0.25) is 5.91 Å². The van der Waals surface area contributed by atoms with E-state index in [4.69, 9.17) is 21.1 Å². The van der Waals surface area contributed by atoms with E-state index < -0.39 is 5.41 Å². The van der Waals surface area contributed by atoms with Gasteiger partial charge in [0, 0.05) is 55.0 Å². The lowest BCUT2D eigenvalue weighted by Crippen LogP contribution is -2.51. The van der Waals surface area contributed by atoms with Crippen molar-refractivity contribution < 1.29 is 14.3 Å². The van der Waals surface area contributed by atoms with E-state index in [1.54, 1.807) is 0 Å². The van der Waals surface area contributed by atoms with Gasteiger partial charge in [-0.2, -0.15) is 0 Å². The molecule has 0 unspecified atom stereocenters. The highest BCUT2D eigenvalue weighted by atomic mass is 35.5. The molecule has 2 aliphatic heterocycles. The molecule has 2 aromatic carbocycles. The van der Waals surface area contributed by atoms with E-state index in [9.17, 15) is 4.79 Å². The lowest BCUT2D eigenvalue weighted by atomic mass is 9.73. The van der Waals surface area contributed by atoms with E-state index in [1.807, 2.05) is 47.6 Å². The Labute approximate surface area is 199 Å². The Hall–Kier alpha value is -2.47. The molecule has 6 heteroatoms. The van der Waals surface area contributed by atoms with Crippen LogP contribution in [0.25, 0.3) is 10.8 Å². The lowest BCUT2D eigenvalue weighted by molar-refractivity contribution is -0.141. The van der Waals surface area contributed by atoms with Crippen molar-refractivity contribution >= 4 is 28.3 Å². The summed E-state index contributed by atoms with van der Waals surface area (Å²) < 4.78 is 11.6. The van der Waals surface area contributed by atoms with E-state index in [0.717, 1.165) is 17.4 Å². The maximum absolute atomic E-state index is 14.1. The Bertz CT molecular complexity index is 1110. The minimum atomic E-state index is -0.562. The summed E-state index contributed by atoms with van der Waals surface area (Å²) in [5.41, 5.74) is 1.73. The second-order valence-electron chi connectivity index (χ2n) is 9.15. The molecule has 1 amide bonds. The number of carbonyl (C=O) groups is 1. The maximum Gasteiger partial charge on any atom is 0.233 e. The molecule has 0 bridgehead atoms. The van der Waals surface area contributed by atoms with Crippen molar-refractivity contribution in [3.05, 3.63) is 77.1 Å². The molecule has 0 aliphatic carbocycles. The van der Waals surface area contributed by atoms with Gasteiger partial charge in [-0.05, 0) is 54.0 Å². The molecule has 0 spiro atoms. The highest BCUT2D eigenvalue weighted by molar-refractivity contribution is 6.30. The molecule has 2 aliphatic rings. The molecule has 1 aromatic heterocycles. The fourth-order valence-electron chi connectivity index (χ4n) is 5.20. The predicted octanol–water partition coefficient (Wildman–Crippen LogP) is 4.65. The summed E-state index contributed by atoms with van der Waals surface area (Å²) in [6.45, 7) is 3.73. The molecule has 172 valence electrons. The number of rotatable bonds is 4. The van der Waals surface area contributed by atoms with Gasteiger partial charge < -0.3 is 14.4 Å². The first-order chi connectivity index (χ1) is 16.1. The smallest absolute Gasteiger partial charge is 0.233 e. The third-order valence-corrected chi connectivity index (χ3v) is 7.26. The average molecular weight is 465 g/mol. The first-order valence-electron chi connectivity index (χ1n) is 11.7. The molecule has 3 heterocycles. The van der Waals surface area contributed by atoms with Crippen molar-refractivity contribution in [1.82, 2.24) is 9.88 Å². The van der Waals surface area contributed by atoms with Gasteiger partial charge >= 0.3 is 0 Å². The molecule has 33 heavy (non-hydrogen) atoms. The van der Waals surface area contributed by atoms with E-state index >= 15 is 0 Å². The van der Waals surface area contributed by atoms with Gasteiger partial charge in [-0.15, -0.1) is 0 Å². The van der Waals surface area contributed by atoms with Crippen LogP contribution in [-0.2, 0) is 26.1 Å². The highest BCUT2D eigenvalue weighted by Gasteiger charge is 2.44. The van der Waals surface area contributed by atoms with Gasteiger partial charge in [-0.3, -0.25) is 9.78 Å². The van der Waals surface area contributed by atoms with Gasteiger partial charge in [0.25, 0.3) is 0 Å². The highest BCUT2D eigenvalue weighted by Crippen LogP contribution is 2.38. The first kappa shape index (κ1) is 22.3. The number of ether oxygens (including phenoxy) is 2. The Morgan fingerprint density at radius 2 is 1.85 bits per heavy atom. The summed E-state index contributed by atoms with van der Waals surface area (Å²) in [5.74, 6) is 0.436. The number of carbonyl (C=O) groups excluding carboxylic acids is 1. The zero-order chi connectivity index (χ0) is 22.7. The zero-order valence-electron chi connectivity index (χ0n) is 18.7. The predicted molar refractivity (Wildman–Crippen MR) is 130 cm³/mol. The number of amides is 1. The van der Waals surface area contributed by atoms with Crippen LogP contribution in [0, 0.1) is 5.92 Å². The molecule has 0 saturated carbocycles. The monoisotopic (exact) mass is 464 g/mol. The van der Waals surface area contributed by atoms with Crippen molar-refractivity contribution in [2.75, 3.05) is 39.5 Å². The molecule has 5 rings (SSSR count). The van der Waals surface area contributed by atoms with Crippen LogP contribution < -0.4 is 0 Å². The fourth-order valence-corrected chi connectivity index (χ4v) is 5.32. The molecule has 0 N–H and O–H groups in total. The van der Waals surface area contributed by atoms with Crippen LogP contribution in [0.1, 0.15) is 24.0 Å². The van der Waals surface area contributed by atoms with Crippen molar-refractivity contribution in [3.8, 4) is 0 Å². The van der Waals surface area contributed by atoms with Crippen molar-refractivity contribution in [1.29, 1.82) is 0 Å². The van der Waals surface area contributed by atoms with Gasteiger partial charge in [-0.25, -0.2) is 0 Å². The Morgan fingerprint density at radius 1 is 1.03 bits per heavy atom. The van der Waals surface area contributed by atoms with Crippen LogP contribution in [0.15, 0.2) is 60.9 Å². The Morgan fingerprint density at radius 3 is 2.67 bits per heavy atom. The zero-order valence-corrected chi connectivity index (χ0v) is 19.5. The summed E-state index contributed by atoms with van der Waals surface area (Å²) >= 11 is 6.14. The van der Waals surface area contributed by atoms with Crippen LogP contribution in [0.3, 0.4) is 0 Å². The molecular weight excluding hydrogens is 436 g/mol. The molecule has 3 aromatic rings. The number of halogens is 1. The summed E-state index contributed by atoms with van der Waals surface area (Å²) in [6.07, 6.45) is 5.96. The van der Waals surface area contributed by atoms with E-state index in [1.165, 1.54) is 10.9 Å². The Balaban J connectivity index is 1.37. The lowest BCUT2D eigenvalue weighted by Gasteiger charge is -2.40. The second-order valence-corrected chi connectivity index (χ2v) is 9.59. The van der Waals surface area contributed by atoms with Crippen LogP contribution in [0.5, 0.6) is 0 Å². The number of pyridine rings is 1. The summed E-state index contributed by atoms with van der Waals surface area (Å²) in [5, 5.41) is 3.01. The first-order valence-corrected chi connectivity index (χ1v) is 12.1. The molecular formula is C27H29ClN2O3. The van der Waals surface area contributed by atoms with Crippen LogP contribution in [0.4, 0.5) is 0 Å². The number of hydrogen-bond acceptors (Lipinski definition) is 4. The normalized spacial score (nSPS) is 21.0. The molecule has 5 nitrogen and oxygen atoms in total. The summed E-state index contributed by atoms with van der Waals surface area (Å²) in [7, 11) is 0. The Kier molecular flexibility index (Phi) is 6.63. The summed E-state index contributed by atoms with van der Waals surface area (Å²) in [6, 6.07) is 16.3. The fraction of sp³-hybridized carbons (Fsp3) is 0.407. The number of fused-ring (bicyclic) bond motifs is 1. The minimum absolute atomic E-state index is 0.188. The number of aromatic nitrogens is 1. The molecule has 0 radical (unpaired) electrons. The van der Waals surface area contributed by atoms with E-state index in [0.29, 0.717) is 57.4 Å². The minimum Gasteiger partial charge on any atom is -0.381 e. The van der Waals surface area contributed by atoms with Crippen molar-refractivity contribution in [2.45, 2.75) is 24.7 Å².